The number of halogens is 2. The van der Waals surface area contributed by atoms with Crippen molar-refractivity contribution in [1.82, 2.24) is 9.88 Å². The minimum absolute atomic E-state index is 0.0786. The van der Waals surface area contributed by atoms with Crippen LogP contribution < -0.4 is 4.74 Å². The summed E-state index contributed by atoms with van der Waals surface area (Å²) in [7, 11) is 0. The van der Waals surface area contributed by atoms with Crippen LogP contribution in [0.2, 0.25) is 0 Å². The standard InChI is InChI=1S/C23H22F2N2O4/c1-14(11-21(28)29)27-10-9-20-19(12-27)26-23(31-20)15-5-7-17(8-6-15)30-13-16-3-2-4-18(24)22(16)25/h2-8,14H,9-13H2,1H3,(H,28,29). The van der Waals surface area contributed by atoms with E-state index < -0.39 is 17.6 Å². The van der Waals surface area contributed by atoms with Crippen molar-refractivity contribution >= 4 is 5.97 Å². The lowest BCUT2D eigenvalue weighted by molar-refractivity contribution is -0.138. The number of hydrogen-bond acceptors (Lipinski definition) is 5. The summed E-state index contributed by atoms with van der Waals surface area (Å²) >= 11 is 0. The van der Waals surface area contributed by atoms with Crippen LogP contribution in [-0.2, 0) is 24.4 Å². The number of ether oxygens (including phenoxy) is 1. The fraction of sp³-hybridized carbons (Fsp3) is 0.304. The quantitative estimate of drug-likeness (QED) is 0.601. The van der Waals surface area contributed by atoms with Crippen LogP contribution in [0.3, 0.4) is 0 Å². The van der Waals surface area contributed by atoms with Gasteiger partial charge in [-0.25, -0.2) is 13.8 Å². The predicted octanol–water partition coefficient (Wildman–Crippen LogP) is 4.42. The number of hydrogen-bond donors (Lipinski definition) is 1. The van der Waals surface area contributed by atoms with Gasteiger partial charge < -0.3 is 14.3 Å². The lowest BCUT2D eigenvalue weighted by Crippen LogP contribution is -2.38. The highest BCUT2D eigenvalue weighted by Crippen LogP contribution is 2.28. The minimum Gasteiger partial charge on any atom is -0.489 e. The van der Waals surface area contributed by atoms with Crippen molar-refractivity contribution in [2.24, 2.45) is 0 Å². The van der Waals surface area contributed by atoms with E-state index >= 15 is 0 Å². The lowest BCUT2D eigenvalue weighted by atomic mass is 10.1. The van der Waals surface area contributed by atoms with Crippen LogP contribution in [0, 0.1) is 11.6 Å². The summed E-state index contributed by atoms with van der Waals surface area (Å²) in [5.41, 5.74) is 1.73. The molecule has 3 aromatic rings. The molecule has 1 unspecified atom stereocenters. The van der Waals surface area contributed by atoms with Gasteiger partial charge in [-0.3, -0.25) is 9.69 Å². The zero-order chi connectivity index (χ0) is 22.0. The molecular formula is C23H22F2N2O4. The monoisotopic (exact) mass is 428 g/mol. The van der Waals surface area contributed by atoms with Crippen molar-refractivity contribution in [1.29, 1.82) is 0 Å². The summed E-state index contributed by atoms with van der Waals surface area (Å²) in [5.74, 6) is -0.813. The third-order valence-corrected chi connectivity index (χ3v) is 5.38. The Morgan fingerprint density at radius 3 is 2.77 bits per heavy atom. The van der Waals surface area contributed by atoms with Gasteiger partial charge in [0.25, 0.3) is 0 Å². The van der Waals surface area contributed by atoms with Gasteiger partial charge in [0, 0.05) is 36.7 Å². The predicted molar refractivity (Wildman–Crippen MR) is 108 cm³/mol. The maximum atomic E-state index is 13.7. The van der Waals surface area contributed by atoms with Crippen LogP contribution in [0.1, 0.15) is 30.4 Å². The number of fused-ring (bicyclic) bond motifs is 1. The fourth-order valence-corrected chi connectivity index (χ4v) is 3.62. The minimum atomic E-state index is -0.906. The number of rotatable bonds is 7. The average Bonchev–Trinajstić information content (AvgIpc) is 3.18. The highest BCUT2D eigenvalue weighted by Gasteiger charge is 2.26. The number of aliphatic carboxylic acids is 1. The number of oxazole rings is 1. The molecule has 0 fully saturated rings. The van der Waals surface area contributed by atoms with Crippen molar-refractivity contribution in [2.45, 2.75) is 39.0 Å². The molecule has 0 radical (unpaired) electrons. The number of carbonyl (C=O) groups is 1. The molecule has 0 saturated heterocycles. The van der Waals surface area contributed by atoms with Crippen LogP contribution in [0.4, 0.5) is 8.78 Å². The van der Waals surface area contributed by atoms with Gasteiger partial charge in [-0.15, -0.1) is 0 Å². The summed E-state index contributed by atoms with van der Waals surface area (Å²) in [6, 6.07) is 10.9. The highest BCUT2D eigenvalue weighted by molar-refractivity contribution is 5.67. The fourth-order valence-electron chi connectivity index (χ4n) is 3.62. The zero-order valence-electron chi connectivity index (χ0n) is 17.0. The Kier molecular flexibility index (Phi) is 5.99. The SMILES string of the molecule is CC(CC(=O)O)N1CCc2oc(-c3ccc(OCc4cccc(F)c4F)cc3)nc2C1. The molecule has 8 heteroatoms. The average molecular weight is 428 g/mol. The van der Waals surface area contributed by atoms with E-state index in [4.69, 9.17) is 14.3 Å². The molecule has 0 amide bonds. The van der Waals surface area contributed by atoms with Gasteiger partial charge in [-0.05, 0) is 37.3 Å². The van der Waals surface area contributed by atoms with E-state index in [1.165, 1.54) is 12.1 Å². The first-order valence-electron chi connectivity index (χ1n) is 10.0. The first-order valence-corrected chi connectivity index (χ1v) is 10.0. The lowest BCUT2D eigenvalue weighted by Gasteiger charge is -2.30. The maximum absolute atomic E-state index is 13.7. The van der Waals surface area contributed by atoms with Crippen molar-refractivity contribution < 1.29 is 27.8 Å². The Morgan fingerprint density at radius 1 is 1.26 bits per heavy atom. The molecular weight excluding hydrogens is 406 g/mol. The topological polar surface area (TPSA) is 75.8 Å². The Bertz CT molecular complexity index is 1080. The van der Waals surface area contributed by atoms with Gasteiger partial charge in [0.05, 0.1) is 12.1 Å². The zero-order valence-corrected chi connectivity index (χ0v) is 17.0. The van der Waals surface area contributed by atoms with Gasteiger partial charge >= 0.3 is 5.97 Å². The Hall–Kier alpha value is -3.26. The largest absolute Gasteiger partial charge is 0.489 e. The van der Waals surface area contributed by atoms with E-state index in [1.807, 2.05) is 6.92 Å². The number of aromatic nitrogens is 1. The highest BCUT2D eigenvalue weighted by atomic mass is 19.2. The van der Waals surface area contributed by atoms with Crippen molar-refractivity contribution in [3.8, 4) is 17.2 Å². The van der Waals surface area contributed by atoms with Gasteiger partial charge in [-0.1, -0.05) is 12.1 Å². The van der Waals surface area contributed by atoms with Gasteiger partial charge in [0.1, 0.15) is 18.1 Å². The molecule has 1 N–H and O–H groups in total. The molecule has 1 aliphatic heterocycles. The maximum Gasteiger partial charge on any atom is 0.304 e. The third-order valence-electron chi connectivity index (χ3n) is 5.38. The summed E-state index contributed by atoms with van der Waals surface area (Å²) in [6.45, 7) is 3.09. The molecule has 2 aromatic carbocycles. The van der Waals surface area contributed by atoms with Crippen molar-refractivity contribution in [3.63, 3.8) is 0 Å². The Morgan fingerprint density at radius 2 is 2.03 bits per heavy atom. The van der Waals surface area contributed by atoms with Crippen LogP contribution in [0.15, 0.2) is 46.9 Å². The van der Waals surface area contributed by atoms with E-state index in [-0.39, 0.29) is 24.6 Å². The van der Waals surface area contributed by atoms with Crippen LogP contribution >= 0.6 is 0 Å². The number of nitrogens with zero attached hydrogens (tertiary/aromatic N) is 2. The van der Waals surface area contributed by atoms with Crippen LogP contribution in [0.25, 0.3) is 11.5 Å². The second kappa shape index (κ2) is 8.85. The molecule has 6 nitrogen and oxygen atoms in total. The molecule has 0 spiro atoms. The molecule has 1 atom stereocenters. The van der Waals surface area contributed by atoms with E-state index in [2.05, 4.69) is 9.88 Å². The molecule has 0 aliphatic carbocycles. The number of carboxylic acid groups (broad SMARTS) is 1. The summed E-state index contributed by atoms with van der Waals surface area (Å²) in [6.07, 6.45) is 0.758. The molecule has 0 bridgehead atoms. The third kappa shape index (κ3) is 4.74. The van der Waals surface area contributed by atoms with Crippen LogP contribution in [0.5, 0.6) is 5.75 Å². The molecule has 1 aliphatic rings. The van der Waals surface area contributed by atoms with E-state index in [1.54, 1.807) is 24.3 Å². The molecule has 4 rings (SSSR count). The molecule has 2 heterocycles. The van der Waals surface area contributed by atoms with Gasteiger partial charge in [0.2, 0.25) is 5.89 Å². The molecule has 31 heavy (non-hydrogen) atoms. The summed E-state index contributed by atoms with van der Waals surface area (Å²) < 4.78 is 38.5. The van der Waals surface area contributed by atoms with E-state index in [9.17, 15) is 13.6 Å². The summed E-state index contributed by atoms with van der Waals surface area (Å²) in [4.78, 5) is 17.6. The Labute approximate surface area is 178 Å². The molecule has 1 aromatic heterocycles. The molecule has 162 valence electrons. The van der Waals surface area contributed by atoms with Crippen molar-refractivity contribution in [2.75, 3.05) is 6.54 Å². The Balaban J connectivity index is 1.41. The molecule has 0 saturated carbocycles. The normalized spacial score (nSPS) is 14.8. The summed E-state index contributed by atoms with van der Waals surface area (Å²) in [5, 5.41) is 9.01. The van der Waals surface area contributed by atoms with Gasteiger partial charge in [0.15, 0.2) is 11.6 Å². The van der Waals surface area contributed by atoms with E-state index in [0.717, 1.165) is 29.6 Å². The van der Waals surface area contributed by atoms with Crippen molar-refractivity contribution in [3.05, 3.63) is 71.1 Å². The van der Waals surface area contributed by atoms with E-state index in [0.29, 0.717) is 24.6 Å². The second-order valence-electron chi connectivity index (χ2n) is 7.58. The first kappa shape index (κ1) is 21.0. The van der Waals surface area contributed by atoms with Crippen LogP contribution in [-0.4, -0.2) is 33.5 Å². The first-order chi connectivity index (χ1) is 14.9. The number of carboxylic acids is 1. The number of benzene rings is 2. The second-order valence-corrected chi connectivity index (χ2v) is 7.58. The smallest absolute Gasteiger partial charge is 0.304 e. The van der Waals surface area contributed by atoms with Gasteiger partial charge in [-0.2, -0.15) is 0 Å².